The number of aliphatic carboxylic acids is 1. The highest BCUT2D eigenvalue weighted by Crippen LogP contribution is 2.50. The molecular formula is C27H40N2O6SSi. The van der Waals surface area contributed by atoms with Crippen LogP contribution >= 0.6 is 0 Å². The number of hydrogen-bond acceptors (Lipinski definition) is 5. The van der Waals surface area contributed by atoms with E-state index in [4.69, 9.17) is 4.43 Å². The van der Waals surface area contributed by atoms with Crippen molar-refractivity contribution in [3.63, 3.8) is 0 Å². The molecule has 1 fully saturated rings. The van der Waals surface area contributed by atoms with Gasteiger partial charge in [-0.2, -0.15) is 0 Å². The molecule has 8 nitrogen and oxygen atoms in total. The number of β-lactam (4-membered cyclic amide) rings is 1. The predicted octanol–water partition coefficient (Wildman–Crippen LogP) is 4.46. The van der Waals surface area contributed by atoms with Crippen molar-refractivity contribution < 1.29 is 28.1 Å². The second kappa shape index (κ2) is 10.5. The van der Waals surface area contributed by atoms with E-state index in [1.54, 1.807) is 29.2 Å². The van der Waals surface area contributed by atoms with Gasteiger partial charge in [-0.15, -0.1) is 0 Å². The molecule has 1 N–H and O–H groups in total. The number of benzene rings is 1. The van der Waals surface area contributed by atoms with Crippen LogP contribution in [0.3, 0.4) is 0 Å². The minimum absolute atomic E-state index is 0.0483. The van der Waals surface area contributed by atoms with Crippen LogP contribution in [0.2, 0.25) is 18.1 Å². The summed E-state index contributed by atoms with van der Waals surface area (Å²) in [7, 11) is -4.12. The van der Waals surface area contributed by atoms with E-state index in [0.717, 1.165) is 0 Å². The van der Waals surface area contributed by atoms with E-state index in [2.05, 4.69) is 33.9 Å². The molecular weight excluding hydrogens is 508 g/mol. The number of rotatable bonds is 9. The average Bonchev–Trinajstić information content (AvgIpc) is 3.07. The number of nitrogens with zero attached hydrogens (tertiary/aromatic N) is 2. The molecule has 0 bridgehead atoms. The van der Waals surface area contributed by atoms with Gasteiger partial charge in [0, 0.05) is 19.0 Å². The number of carboxylic acids is 1. The predicted molar refractivity (Wildman–Crippen MR) is 146 cm³/mol. The van der Waals surface area contributed by atoms with Crippen LogP contribution in [-0.2, 0) is 24.8 Å². The van der Waals surface area contributed by atoms with Gasteiger partial charge in [0.1, 0.15) is 5.70 Å². The van der Waals surface area contributed by atoms with Gasteiger partial charge in [-0.05, 0) is 51.0 Å². The number of carbonyl (C=O) groups excluding carboxylic acids is 2. The smallest absolute Gasteiger partial charge is 0.353 e. The summed E-state index contributed by atoms with van der Waals surface area (Å²) in [6.07, 6.45) is -0.406. The fourth-order valence-corrected chi connectivity index (χ4v) is 8.14. The maximum Gasteiger partial charge on any atom is 0.353 e. The molecule has 0 aliphatic carbocycles. The molecule has 2 heterocycles. The summed E-state index contributed by atoms with van der Waals surface area (Å²) in [6, 6.07) is 6.15. The first kappa shape index (κ1) is 29.3. The van der Waals surface area contributed by atoms with Gasteiger partial charge >= 0.3 is 5.97 Å². The Bertz CT molecular complexity index is 1150. The largest absolute Gasteiger partial charge is 0.477 e. The van der Waals surface area contributed by atoms with E-state index in [-0.39, 0.29) is 37.9 Å². The van der Waals surface area contributed by atoms with Crippen LogP contribution in [0, 0.1) is 11.8 Å². The van der Waals surface area contributed by atoms with Crippen LogP contribution in [0.25, 0.3) is 0 Å². The third-order valence-electron chi connectivity index (χ3n) is 8.15. The van der Waals surface area contributed by atoms with Gasteiger partial charge in [-0.25, -0.2) is 9.00 Å². The molecule has 37 heavy (non-hydrogen) atoms. The van der Waals surface area contributed by atoms with E-state index in [1.807, 2.05) is 27.7 Å². The summed E-state index contributed by atoms with van der Waals surface area (Å²) in [5, 5.41) is 10.1. The highest BCUT2D eigenvalue weighted by Gasteiger charge is 2.62. The van der Waals surface area contributed by atoms with Gasteiger partial charge in [0.2, 0.25) is 5.91 Å². The summed E-state index contributed by atoms with van der Waals surface area (Å²) < 4.78 is 20.5. The third-order valence-corrected chi connectivity index (χ3v) is 14.4. The van der Waals surface area contributed by atoms with Gasteiger partial charge < -0.3 is 19.3 Å². The average molecular weight is 549 g/mol. The number of amides is 2. The molecule has 1 aromatic rings. The monoisotopic (exact) mass is 548 g/mol. The molecule has 5 atom stereocenters. The highest BCUT2D eigenvalue weighted by atomic mass is 32.2. The number of carboxylic acid groups (broad SMARTS) is 1. The van der Waals surface area contributed by atoms with Crippen molar-refractivity contribution in [2.24, 2.45) is 11.8 Å². The molecule has 0 aromatic heterocycles. The van der Waals surface area contributed by atoms with Crippen LogP contribution in [0.15, 0.2) is 39.8 Å². The van der Waals surface area contributed by atoms with Crippen molar-refractivity contribution in [2.45, 2.75) is 83.6 Å². The summed E-state index contributed by atoms with van der Waals surface area (Å²) >= 11 is 0. The van der Waals surface area contributed by atoms with Crippen molar-refractivity contribution in [1.29, 1.82) is 0 Å². The van der Waals surface area contributed by atoms with Gasteiger partial charge in [0.05, 0.1) is 44.2 Å². The van der Waals surface area contributed by atoms with Crippen molar-refractivity contribution >= 4 is 36.9 Å². The fraction of sp³-hybridized carbons (Fsp3) is 0.593. The number of carbonyl (C=O) groups is 3. The van der Waals surface area contributed by atoms with Crippen molar-refractivity contribution in [2.75, 3.05) is 13.1 Å². The molecule has 2 amide bonds. The van der Waals surface area contributed by atoms with Crippen molar-refractivity contribution in [3.8, 4) is 0 Å². The second-order valence-corrected chi connectivity index (χ2v) is 17.5. The maximum absolute atomic E-state index is 14.0. The molecule has 3 rings (SSSR count). The second-order valence-electron chi connectivity index (χ2n) is 11.4. The van der Waals surface area contributed by atoms with E-state index in [9.17, 15) is 23.7 Å². The van der Waals surface area contributed by atoms with Crippen LogP contribution in [0.1, 0.15) is 58.8 Å². The lowest BCUT2D eigenvalue weighted by molar-refractivity contribution is -0.162. The zero-order valence-electron chi connectivity index (χ0n) is 23.3. The Balaban J connectivity index is 2.00. The highest BCUT2D eigenvalue weighted by molar-refractivity contribution is 7.89. The third kappa shape index (κ3) is 4.95. The van der Waals surface area contributed by atoms with E-state index in [1.165, 1.54) is 4.90 Å². The summed E-state index contributed by atoms with van der Waals surface area (Å²) in [5.74, 6) is -2.88. The first-order chi connectivity index (χ1) is 17.1. The minimum atomic E-state index is -2.18. The lowest BCUT2D eigenvalue weighted by Crippen LogP contribution is -2.65. The normalized spacial score (nSPS) is 23.4. The Hall–Kier alpha value is -2.30. The molecule has 1 aromatic carbocycles. The molecule has 1 saturated heterocycles. The fourth-order valence-electron chi connectivity index (χ4n) is 5.08. The molecule has 0 saturated carbocycles. The molecule has 2 aliphatic heterocycles. The first-order valence-electron chi connectivity index (χ1n) is 12.9. The molecule has 2 aliphatic rings. The Kier molecular flexibility index (Phi) is 8.27. The topological polar surface area (TPSA) is 104 Å². The van der Waals surface area contributed by atoms with E-state index < -0.39 is 49.1 Å². The Morgan fingerprint density at radius 2 is 1.76 bits per heavy atom. The molecule has 1 unspecified atom stereocenters. The number of hydrogen-bond donors (Lipinski definition) is 1. The van der Waals surface area contributed by atoms with Gasteiger partial charge in [0.15, 0.2) is 8.32 Å². The minimum Gasteiger partial charge on any atom is -0.477 e. The van der Waals surface area contributed by atoms with Gasteiger partial charge in [-0.1, -0.05) is 39.8 Å². The standard InChI is InChI=1S/C27H40N2O6SSi/c1-10-28(11-2)24(30)18-14-12-13-15-19(18)36(34)23-16(3)21-20(25(31)29(21)22(23)26(32)33)17(4)35-37(8,9)27(5,6)7/h12-17,20-21H,10-11H2,1-9H3,(H,32,33)/t16-,17-,20-,21-,36?/m1/s1. The number of fused-ring (bicyclic) bond motifs is 1. The van der Waals surface area contributed by atoms with Crippen LogP contribution < -0.4 is 0 Å². The Morgan fingerprint density at radius 1 is 1.19 bits per heavy atom. The quantitative estimate of drug-likeness (QED) is 0.361. The molecule has 204 valence electrons. The molecule has 0 radical (unpaired) electrons. The van der Waals surface area contributed by atoms with Crippen LogP contribution in [-0.4, -0.2) is 70.5 Å². The van der Waals surface area contributed by atoms with Crippen molar-refractivity contribution in [1.82, 2.24) is 9.80 Å². The lowest BCUT2D eigenvalue weighted by Gasteiger charge is -2.50. The van der Waals surface area contributed by atoms with E-state index in [0.29, 0.717) is 13.1 Å². The van der Waals surface area contributed by atoms with Crippen molar-refractivity contribution in [3.05, 3.63) is 40.4 Å². The maximum atomic E-state index is 14.0. The SMILES string of the molecule is CCN(CC)C(=O)c1ccccc1S(=O)C1=C(C(=O)O)N2C(=O)[C@H]([C@@H](C)O[Si](C)(C)C(C)(C)C)[C@H]2[C@H]1C. The first-order valence-corrected chi connectivity index (χ1v) is 16.9. The summed E-state index contributed by atoms with van der Waals surface area (Å²) in [6.45, 7) is 19.0. The van der Waals surface area contributed by atoms with Crippen LogP contribution in [0.4, 0.5) is 0 Å². The zero-order chi connectivity index (χ0) is 28.0. The molecule has 0 spiro atoms. The summed E-state index contributed by atoms with van der Waals surface area (Å²) in [4.78, 5) is 42.3. The van der Waals surface area contributed by atoms with Gasteiger partial charge in [-0.3, -0.25) is 9.59 Å². The lowest BCUT2D eigenvalue weighted by atomic mass is 9.79. The van der Waals surface area contributed by atoms with E-state index >= 15 is 0 Å². The summed E-state index contributed by atoms with van der Waals surface area (Å²) in [5.41, 5.74) is 0.0439. The van der Waals surface area contributed by atoms with Crippen LogP contribution in [0.5, 0.6) is 0 Å². The van der Waals surface area contributed by atoms with Gasteiger partial charge in [0.25, 0.3) is 5.91 Å². The Morgan fingerprint density at radius 3 is 2.27 bits per heavy atom. The molecule has 10 heteroatoms. The zero-order valence-corrected chi connectivity index (χ0v) is 25.1. The Labute approximate surface area is 223 Å².